The van der Waals surface area contributed by atoms with Crippen LogP contribution in [0.3, 0.4) is 0 Å². The van der Waals surface area contributed by atoms with Crippen LogP contribution < -0.4 is 9.64 Å². The van der Waals surface area contributed by atoms with E-state index in [0.29, 0.717) is 17.5 Å². The second-order valence-corrected chi connectivity index (χ2v) is 7.05. The summed E-state index contributed by atoms with van der Waals surface area (Å²) in [6.45, 7) is 7.28. The Morgan fingerprint density at radius 3 is 2.93 bits per heavy atom. The van der Waals surface area contributed by atoms with Crippen LogP contribution >= 0.6 is 11.6 Å². The minimum atomic E-state index is 0.606. The van der Waals surface area contributed by atoms with Gasteiger partial charge in [0.05, 0.1) is 17.3 Å². The molecule has 4 rings (SSSR count). The molecule has 0 unspecified atom stereocenters. The van der Waals surface area contributed by atoms with Gasteiger partial charge < -0.3 is 14.0 Å². The Morgan fingerprint density at radius 1 is 1.11 bits per heavy atom. The maximum atomic E-state index is 6.06. The predicted molar refractivity (Wildman–Crippen MR) is 106 cm³/mol. The average Bonchev–Trinajstić information content (AvgIpc) is 2.90. The van der Waals surface area contributed by atoms with E-state index in [4.69, 9.17) is 21.3 Å². The fourth-order valence-corrected chi connectivity index (χ4v) is 3.58. The van der Waals surface area contributed by atoms with Gasteiger partial charge in [-0.1, -0.05) is 11.6 Å². The summed E-state index contributed by atoms with van der Waals surface area (Å²) in [6, 6.07) is 5.74. The lowest BCUT2D eigenvalue weighted by Gasteiger charge is -2.22. The molecular weight excluding hydrogens is 364 g/mol. The van der Waals surface area contributed by atoms with Crippen LogP contribution in [0.2, 0.25) is 5.02 Å². The van der Waals surface area contributed by atoms with Crippen molar-refractivity contribution >= 4 is 23.1 Å². The summed E-state index contributed by atoms with van der Waals surface area (Å²) in [4.78, 5) is 18.0. The van der Waals surface area contributed by atoms with Crippen molar-refractivity contribution < 1.29 is 4.74 Å². The van der Waals surface area contributed by atoms with Gasteiger partial charge in [0, 0.05) is 51.2 Å². The van der Waals surface area contributed by atoms with Crippen molar-refractivity contribution in [3.05, 3.63) is 47.6 Å². The first-order valence-electron chi connectivity index (χ1n) is 9.26. The highest BCUT2D eigenvalue weighted by atomic mass is 35.5. The summed E-state index contributed by atoms with van der Waals surface area (Å²) in [7, 11) is 0. The molecular formula is C19H23ClN6O. The van der Waals surface area contributed by atoms with E-state index in [1.807, 2.05) is 35.7 Å². The number of anilines is 1. The summed E-state index contributed by atoms with van der Waals surface area (Å²) >= 11 is 6.06. The number of ether oxygens (including phenoxy) is 1. The van der Waals surface area contributed by atoms with Crippen LogP contribution in [0.25, 0.3) is 5.65 Å². The van der Waals surface area contributed by atoms with Crippen LogP contribution in [0.4, 0.5) is 5.82 Å². The smallest absolute Gasteiger partial charge is 0.218 e. The molecule has 1 saturated heterocycles. The third-order valence-corrected chi connectivity index (χ3v) is 4.91. The number of hydrogen-bond acceptors (Lipinski definition) is 6. The molecule has 0 saturated carbocycles. The van der Waals surface area contributed by atoms with Gasteiger partial charge in [0.2, 0.25) is 5.88 Å². The topological polar surface area (TPSA) is 58.8 Å². The number of nitrogens with zero attached hydrogens (tertiary/aromatic N) is 6. The molecule has 0 atom stereocenters. The van der Waals surface area contributed by atoms with Gasteiger partial charge in [0.25, 0.3) is 0 Å². The molecule has 7 nitrogen and oxygen atoms in total. The Morgan fingerprint density at radius 2 is 2.04 bits per heavy atom. The predicted octanol–water partition coefficient (Wildman–Crippen LogP) is 2.89. The molecule has 0 bridgehead atoms. The van der Waals surface area contributed by atoms with Crippen LogP contribution in [-0.4, -0.2) is 57.0 Å². The van der Waals surface area contributed by atoms with E-state index < -0.39 is 0 Å². The Kier molecular flexibility index (Phi) is 5.40. The van der Waals surface area contributed by atoms with Crippen LogP contribution in [0.5, 0.6) is 5.88 Å². The third-order valence-electron chi connectivity index (χ3n) is 4.68. The van der Waals surface area contributed by atoms with Crippen molar-refractivity contribution in [3.8, 4) is 5.88 Å². The third kappa shape index (κ3) is 4.31. The maximum Gasteiger partial charge on any atom is 0.218 e. The van der Waals surface area contributed by atoms with Gasteiger partial charge in [-0.15, -0.1) is 0 Å². The minimum absolute atomic E-state index is 0.606. The molecule has 1 fully saturated rings. The quantitative estimate of drug-likeness (QED) is 0.672. The lowest BCUT2D eigenvalue weighted by Crippen LogP contribution is -2.31. The van der Waals surface area contributed by atoms with Crippen molar-refractivity contribution in [1.29, 1.82) is 0 Å². The average molecular weight is 387 g/mol. The number of imidazole rings is 1. The maximum absolute atomic E-state index is 6.06. The molecule has 1 aliphatic rings. The zero-order valence-electron chi connectivity index (χ0n) is 15.4. The summed E-state index contributed by atoms with van der Waals surface area (Å²) in [5.41, 5.74) is 1.99. The van der Waals surface area contributed by atoms with E-state index in [-0.39, 0.29) is 0 Å². The fourth-order valence-electron chi connectivity index (χ4n) is 3.41. The Bertz CT molecular complexity index is 914. The Hall–Kier alpha value is -2.38. The standard InChI is InChI=1S/C19H23ClN6O/c1-2-27-19-10-18(21-14-22-19)25-7-3-6-24(8-9-25)12-16-13-26-11-15(20)4-5-17(26)23-16/h4-5,10-11,13-14H,2-3,6-9,12H2,1H3. The van der Waals surface area contributed by atoms with Crippen LogP contribution in [0, 0.1) is 0 Å². The lowest BCUT2D eigenvalue weighted by molar-refractivity contribution is 0.282. The molecule has 0 amide bonds. The van der Waals surface area contributed by atoms with E-state index in [0.717, 1.165) is 56.3 Å². The normalized spacial score (nSPS) is 15.9. The largest absolute Gasteiger partial charge is 0.478 e. The Balaban J connectivity index is 1.41. The number of hydrogen-bond donors (Lipinski definition) is 0. The zero-order chi connectivity index (χ0) is 18.6. The number of fused-ring (bicyclic) bond motifs is 1. The molecule has 0 spiro atoms. The summed E-state index contributed by atoms with van der Waals surface area (Å²) in [5.74, 6) is 1.56. The highest BCUT2D eigenvalue weighted by molar-refractivity contribution is 6.30. The van der Waals surface area contributed by atoms with Gasteiger partial charge in [-0.2, -0.15) is 0 Å². The van der Waals surface area contributed by atoms with Crippen molar-refractivity contribution in [2.24, 2.45) is 0 Å². The zero-order valence-corrected chi connectivity index (χ0v) is 16.1. The molecule has 0 N–H and O–H groups in total. The molecule has 142 valence electrons. The number of aromatic nitrogens is 4. The highest BCUT2D eigenvalue weighted by Gasteiger charge is 2.18. The molecule has 27 heavy (non-hydrogen) atoms. The van der Waals surface area contributed by atoms with E-state index in [9.17, 15) is 0 Å². The van der Waals surface area contributed by atoms with Gasteiger partial charge in [0.1, 0.15) is 17.8 Å². The van der Waals surface area contributed by atoms with Gasteiger partial charge in [0.15, 0.2) is 0 Å². The van der Waals surface area contributed by atoms with Crippen LogP contribution in [0.15, 0.2) is 36.9 Å². The first-order chi connectivity index (χ1) is 13.2. The second kappa shape index (κ2) is 8.10. The second-order valence-electron chi connectivity index (χ2n) is 6.61. The number of pyridine rings is 1. The summed E-state index contributed by atoms with van der Waals surface area (Å²) in [6.07, 6.45) is 6.60. The van der Waals surface area contributed by atoms with Crippen LogP contribution in [-0.2, 0) is 6.54 Å². The molecule has 0 aromatic carbocycles. The van der Waals surface area contributed by atoms with E-state index >= 15 is 0 Å². The highest BCUT2D eigenvalue weighted by Crippen LogP contribution is 2.19. The number of halogens is 1. The van der Waals surface area contributed by atoms with Gasteiger partial charge >= 0.3 is 0 Å². The van der Waals surface area contributed by atoms with Gasteiger partial charge in [-0.05, 0) is 25.5 Å². The number of rotatable bonds is 5. The SMILES string of the molecule is CCOc1cc(N2CCCN(Cc3cn4cc(Cl)ccc4n3)CC2)ncn1. The molecule has 8 heteroatoms. The summed E-state index contributed by atoms with van der Waals surface area (Å²) < 4.78 is 7.48. The molecule has 3 aromatic heterocycles. The van der Waals surface area contributed by atoms with Gasteiger partial charge in [-0.25, -0.2) is 15.0 Å². The molecule has 3 aromatic rings. The first kappa shape index (κ1) is 18.0. The monoisotopic (exact) mass is 386 g/mol. The van der Waals surface area contributed by atoms with E-state index in [1.165, 1.54) is 0 Å². The van der Waals surface area contributed by atoms with Crippen molar-refractivity contribution in [2.45, 2.75) is 19.9 Å². The summed E-state index contributed by atoms with van der Waals surface area (Å²) in [5, 5.41) is 0.716. The Labute approximate surface area is 163 Å². The lowest BCUT2D eigenvalue weighted by atomic mass is 10.3. The fraction of sp³-hybridized carbons (Fsp3) is 0.421. The van der Waals surface area contributed by atoms with E-state index in [1.54, 1.807) is 6.33 Å². The molecule has 0 aliphatic carbocycles. The van der Waals surface area contributed by atoms with Crippen molar-refractivity contribution in [2.75, 3.05) is 37.7 Å². The first-order valence-corrected chi connectivity index (χ1v) is 9.64. The minimum Gasteiger partial charge on any atom is -0.478 e. The van der Waals surface area contributed by atoms with E-state index in [2.05, 4.69) is 26.0 Å². The molecule has 1 aliphatic heterocycles. The van der Waals surface area contributed by atoms with Crippen molar-refractivity contribution in [3.63, 3.8) is 0 Å². The molecule has 4 heterocycles. The van der Waals surface area contributed by atoms with Crippen molar-refractivity contribution in [1.82, 2.24) is 24.3 Å². The van der Waals surface area contributed by atoms with Gasteiger partial charge in [-0.3, -0.25) is 4.90 Å². The van der Waals surface area contributed by atoms with Crippen LogP contribution in [0.1, 0.15) is 19.0 Å². The molecule has 0 radical (unpaired) electrons.